The lowest BCUT2D eigenvalue weighted by Crippen LogP contribution is -2.47. The highest BCUT2D eigenvalue weighted by Gasteiger charge is 2.33. The van der Waals surface area contributed by atoms with Crippen LogP contribution in [0.1, 0.15) is 49.8 Å². The van der Waals surface area contributed by atoms with Gasteiger partial charge in [-0.1, -0.05) is 31.2 Å². The fourth-order valence-corrected chi connectivity index (χ4v) is 4.14. The summed E-state index contributed by atoms with van der Waals surface area (Å²) in [7, 11) is 0. The number of alkyl halides is 1. The number of amides is 2. The van der Waals surface area contributed by atoms with Crippen molar-refractivity contribution in [2.75, 3.05) is 5.88 Å². The van der Waals surface area contributed by atoms with Crippen LogP contribution in [-0.2, 0) is 16.1 Å². The van der Waals surface area contributed by atoms with E-state index >= 15 is 0 Å². The number of halogens is 3. The number of nitrogens with zero attached hydrogens (tertiary/aromatic N) is 1. The molecule has 1 unspecified atom stereocenters. The van der Waals surface area contributed by atoms with Gasteiger partial charge in [-0.05, 0) is 67.0 Å². The van der Waals surface area contributed by atoms with Crippen molar-refractivity contribution in [3.05, 3.63) is 71.3 Å². The van der Waals surface area contributed by atoms with Crippen LogP contribution in [0.15, 0.2) is 48.5 Å². The molecule has 31 heavy (non-hydrogen) atoms. The Labute approximate surface area is 186 Å². The zero-order valence-electron chi connectivity index (χ0n) is 17.5. The standard InChI is InChI=1S/C24H27ClF2N2O2/c1-16-2-12-21(13-3-16)28-24(31)23(18-6-10-20(27)11-7-18)29(22(30)14-25)15-17-4-8-19(26)9-5-17/h4-11,16,21,23H,2-3,12-15H2,1H3,(H,28,31). The zero-order valence-corrected chi connectivity index (χ0v) is 18.2. The van der Waals surface area contributed by atoms with Crippen LogP contribution in [0.5, 0.6) is 0 Å². The van der Waals surface area contributed by atoms with E-state index in [1.54, 1.807) is 12.1 Å². The van der Waals surface area contributed by atoms with Crippen LogP contribution >= 0.6 is 11.6 Å². The van der Waals surface area contributed by atoms with E-state index in [0.29, 0.717) is 17.0 Å². The molecule has 1 aliphatic rings. The number of rotatable bonds is 7. The van der Waals surface area contributed by atoms with Gasteiger partial charge < -0.3 is 10.2 Å². The second-order valence-corrected chi connectivity index (χ2v) is 8.47. The van der Waals surface area contributed by atoms with Crippen LogP contribution in [-0.4, -0.2) is 28.6 Å². The van der Waals surface area contributed by atoms with E-state index in [2.05, 4.69) is 12.2 Å². The van der Waals surface area contributed by atoms with E-state index in [1.165, 1.54) is 41.3 Å². The lowest BCUT2D eigenvalue weighted by atomic mass is 9.87. The maximum absolute atomic E-state index is 13.5. The van der Waals surface area contributed by atoms with Crippen LogP contribution in [0.2, 0.25) is 0 Å². The summed E-state index contributed by atoms with van der Waals surface area (Å²) in [5.41, 5.74) is 1.15. The minimum absolute atomic E-state index is 0.0328. The number of carbonyl (C=O) groups is 2. The van der Waals surface area contributed by atoms with Gasteiger partial charge in [0.25, 0.3) is 0 Å². The SMILES string of the molecule is CC1CCC(NC(=O)C(c2ccc(F)cc2)N(Cc2ccc(F)cc2)C(=O)CCl)CC1. The van der Waals surface area contributed by atoms with Gasteiger partial charge in [0.2, 0.25) is 11.8 Å². The molecule has 0 saturated heterocycles. The van der Waals surface area contributed by atoms with Crippen molar-refractivity contribution in [2.45, 2.75) is 51.2 Å². The van der Waals surface area contributed by atoms with Crippen molar-refractivity contribution in [1.82, 2.24) is 10.2 Å². The van der Waals surface area contributed by atoms with Gasteiger partial charge in [0.1, 0.15) is 23.6 Å². The van der Waals surface area contributed by atoms with Crippen LogP contribution in [0, 0.1) is 17.6 Å². The first kappa shape index (κ1) is 23.2. The Morgan fingerprint density at radius 1 is 1.00 bits per heavy atom. The third kappa shape index (κ3) is 6.26. The van der Waals surface area contributed by atoms with Crippen LogP contribution < -0.4 is 5.32 Å². The Morgan fingerprint density at radius 2 is 1.55 bits per heavy atom. The van der Waals surface area contributed by atoms with Crippen molar-refractivity contribution < 1.29 is 18.4 Å². The molecule has 166 valence electrons. The van der Waals surface area contributed by atoms with Crippen LogP contribution in [0.4, 0.5) is 8.78 Å². The van der Waals surface area contributed by atoms with Gasteiger partial charge >= 0.3 is 0 Å². The van der Waals surface area contributed by atoms with Gasteiger partial charge in [0.05, 0.1) is 0 Å². The molecule has 0 aliphatic heterocycles. The molecule has 2 amide bonds. The monoisotopic (exact) mass is 448 g/mol. The van der Waals surface area contributed by atoms with Crippen molar-refractivity contribution >= 4 is 23.4 Å². The van der Waals surface area contributed by atoms with Crippen molar-refractivity contribution in [3.63, 3.8) is 0 Å². The molecule has 1 fully saturated rings. The predicted octanol–water partition coefficient (Wildman–Crippen LogP) is 4.97. The number of hydrogen-bond acceptors (Lipinski definition) is 2. The van der Waals surface area contributed by atoms with Crippen LogP contribution in [0.25, 0.3) is 0 Å². The summed E-state index contributed by atoms with van der Waals surface area (Å²) in [5.74, 6) is -1.27. The number of carbonyl (C=O) groups excluding carboxylic acids is 2. The van der Waals surface area contributed by atoms with E-state index in [-0.39, 0.29) is 24.4 Å². The molecule has 1 atom stereocenters. The van der Waals surface area contributed by atoms with Crippen molar-refractivity contribution in [2.24, 2.45) is 5.92 Å². The lowest BCUT2D eigenvalue weighted by Gasteiger charge is -2.34. The summed E-state index contributed by atoms with van der Waals surface area (Å²) in [6.07, 6.45) is 3.83. The Balaban J connectivity index is 1.90. The first-order valence-electron chi connectivity index (χ1n) is 10.5. The number of nitrogens with one attached hydrogen (secondary N) is 1. The molecular weight excluding hydrogens is 422 g/mol. The summed E-state index contributed by atoms with van der Waals surface area (Å²) in [4.78, 5) is 27.5. The molecule has 0 spiro atoms. The molecule has 0 heterocycles. The van der Waals surface area contributed by atoms with E-state index in [9.17, 15) is 18.4 Å². The molecule has 2 aromatic rings. The number of benzene rings is 2. The first-order chi connectivity index (χ1) is 14.9. The second-order valence-electron chi connectivity index (χ2n) is 8.20. The molecule has 1 aliphatic carbocycles. The first-order valence-corrected chi connectivity index (χ1v) is 11.1. The Kier molecular flexibility index (Phi) is 8.02. The van der Waals surface area contributed by atoms with Crippen LogP contribution in [0.3, 0.4) is 0 Å². The Hall–Kier alpha value is -2.47. The van der Waals surface area contributed by atoms with Gasteiger partial charge in [-0.25, -0.2) is 8.78 Å². The fourth-order valence-electron chi connectivity index (χ4n) is 3.99. The maximum Gasteiger partial charge on any atom is 0.247 e. The van der Waals surface area contributed by atoms with Gasteiger partial charge in [0, 0.05) is 12.6 Å². The third-order valence-electron chi connectivity index (χ3n) is 5.81. The van der Waals surface area contributed by atoms with Gasteiger partial charge in [-0.2, -0.15) is 0 Å². The molecule has 0 bridgehead atoms. The highest BCUT2D eigenvalue weighted by molar-refractivity contribution is 6.27. The second kappa shape index (κ2) is 10.7. The molecule has 0 aromatic heterocycles. The van der Waals surface area contributed by atoms with E-state index < -0.39 is 23.6 Å². The molecule has 1 saturated carbocycles. The average molecular weight is 449 g/mol. The normalized spacial score (nSPS) is 19.5. The van der Waals surface area contributed by atoms with E-state index in [1.807, 2.05) is 0 Å². The molecular formula is C24H27ClF2N2O2. The molecule has 7 heteroatoms. The molecule has 1 N–H and O–H groups in total. The van der Waals surface area contributed by atoms with Gasteiger partial charge in [-0.3, -0.25) is 9.59 Å². The summed E-state index contributed by atoms with van der Waals surface area (Å²) in [6.45, 7) is 2.27. The minimum Gasteiger partial charge on any atom is -0.351 e. The maximum atomic E-state index is 13.5. The third-order valence-corrected chi connectivity index (χ3v) is 6.04. The average Bonchev–Trinajstić information content (AvgIpc) is 2.77. The predicted molar refractivity (Wildman–Crippen MR) is 116 cm³/mol. The smallest absolute Gasteiger partial charge is 0.247 e. The summed E-state index contributed by atoms with van der Waals surface area (Å²) in [5, 5.41) is 3.08. The molecule has 3 rings (SSSR count). The lowest BCUT2D eigenvalue weighted by molar-refractivity contribution is -0.140. The Bertz CT molecular complexity index is 881. The topological polar surface area (TPSA) is 49.4 Å². The highest BCUT2D eigenvalue weighted by atomic mass is 35.5. The van der Waals surface area contributed by atoms with E-state index in [0.717, 1.165) is 25.7 Å². The quantitative estimate of drug-likeness (QED) is 0.608. The summed E-state index contributed by atoms with van der Waals surface area (Å²) < 4.78 is 26.9. The number of hydrogen-bond donors (Lipinski definition) is 1. The summed E-state index contributed by atoms with van der Waals surface area (Å²) >= 11 is 5.86. The van der Waals surface area contributed by atoms with Crippen molar-refractivity contribution in [1.29, 1.82) is 0 Å². The highest BCUT2D eigenvalue weighted by Crippen LogP contribution is 2.27. The largest absolute Gasteiger partial charge is 0.351 e. The zero-order chi connectivity index (χ0) is 22.4. The van der Waals surface area contributed by atoms with E-state index in [4.69, 9.17) is 11.6 Å². The molecule has 4 nitrogen and oxygen atoms in total. The van der Waals surface area contributed by atoms with Gasteiger partial charge in [0.15, 0.2) is 0 Å². The summed E-state index contributed by atoms with van der Waals surface area (Å²) in [6, 6.07) is 10.3. The van der Waals surface area contributed by atoms with Crippen molar-refractivity contribution in [3.8, 4) is 0 Å². The molecule has 0 radical (unpaired) electrons. The fraction of sp³-hybridized carbons (Fsp3) is 0.417. The minimum atomic E-state index is -0.976. The Morgan fingerprint density at radius 3 is 2.10 bits per heavy atom. The molecule has 2 aromatic carbocycles. The van der Waals surface area contributed by atoms with Gasteiger partial charge in [-0.15, -0.1) is 11.6 Å².